The summed E-state index contributed by atoms with van der Waals surface area (Å²) in [6.07, 6.45) is 2.44. The second kappa shape index (κ2) is 4.87. The van der Waals surface area contributed by atoms with Crippen LogP contribution in [0, 0.1) is 12.7 Å². The maximum absolute atomic E-state index is 13.3. The smallest absolute Gasteiger partial charge is 0.130 e. The van der Waals surface area contributed by atoms with Gasteiger partial charge in [-0.05, 0) is 38.0 Å². The Kier molecular flexibility index (Phi) is 3.78. The van der Waals surface area contributed by atoms with E-state index in [0.717, 1.165) is 23.4 Å². The third-order valence-electron chi connectivity index (χ3n) is 2.46. The first-order valence-electron chi connectivity index (χ1n) is 5.05. The summed E-state index contributed by atoms with van der Waals surface area (Å²) in [5.41, 5.74) is 3.25. The topological polar surface area (TPSA) is 12.4 Å². The van der Waals surface area contributed by atoms with Gasteiger partial charge in [-0.1, -0.05) is 19.6 Å². The molecule has 0 atom stereocenters. The Morgan fingerprint density at radius 2 is 2.20 bits per heavy atom. The van der Waals surface area contributed by atoms with Crippen molar-refractivity contribution in [2.45, 2.75) is 27.2 Å². The van der Waals surface area contributed by atoms with Crippen molar-refractivity contribution in [3.63, 3.8) is 0 Å². The molecule has 0 unspecified atom stereocenters. The molecule has 2 heteroatoms. The molecule has 0 saturated heterocycles. The minimum Gasteiger partial charge on any atom is -0.258 e. The SMILES string of the molecule is C=Cc1c(F)ccc(N=C(C)CC)c1C. The summed E-state index contributed by atoms with van der Waals surface area (Å²) in [6, 6.07) is 3.14. The van der Waals surface area contributed by atoms with Gasteiger partial charge in [0.15, 0.2) is 0 Å². The number of benzene rings is 1. The summed E-state index contributed by atoms with van der Waals surface area (Å²) >= 11 is 0. The fourth-order valence-electron chi connectivity index (χ4n) is 1.34. The predicted molar refractivity (Wildman–Crippen MR) is 64.3 cm³/mol. The van der Waals surface area contributed by atoms with Crippen molar-refractivity contribution in [3.05, 3.63) is 35.7 Å². The Balaban J connectivity index is 3.28. The van der Waals surface area contributed by atoms with Gasteiger partial charge in [-0.25, -0.2) is 4.39 Å². The summed E-state index contributed by atoms with van der Waals surface area (Å²) in [5.74, 6) is -0.240. The molecule has 0 spiro atoms. The molecule has 80 valence electrons. The highest BCUT2D eigenvalue weighted by Crippen LogP contribution is 2.25. The maximum Gasteiger partial charge on any atom is 0.130 e. The van der Waals surface area contributed by atoms with E-state index in [1.807, 2.05) is 20.8 Å². The molecule has 1 aromatic rings. The fourth-order valence-corrected chi connectivity index (χ4v) is 1.34. The van der Waals surface area contributed by atoms with E-state index in [2.05, 4.69) is 11.6 Å². The Hall–Kier alpha value is -1.44. The molecule has 0 N–H and O–H groups in total. The zero-order chi connectivity index (χ0) is 11.4. The third-order valence-corrected chi connectivity index (χ3v) is 2.46. The van der Waals surface area contributed by atoms with Crippen LogP contribution in [0.15, 0.2) is 23.7 Å². The summed E-state index contributed by atoms with van der Waals surface area (Å²) in [5, 5.41) is 0. The van der Waals surface area contributed by atoms with Crippen LogP contribution in [0.2, 0.25) is 0 Å². The molecule has 0 fully saturated rings. The Morgan fingerprint density at radius 3 is 2.73 bits per heavy atom. The van der Waals surface area contributed by atoms with E-state index in [4.69, 9.17) is 0 Å². The minimum atomic E-state index is -0.240. The summed E-state index contributed by atoms with van der Waals surface area (Å²) < 4.78 is 13.3. The van der Waals surface area contributed by atoms with Crippen LogP contribution in [0.5, 0.6) is 0 Å². The average Bonchev–Trinajstić information content (AvgIpc) is 2.23. The molecule has 0 aliphatic heterocycles. The molecule has 0 saturated carbocycles. The molecule has 1 nitrogen and oxygen atoms in total. The number of rotatable bonds is 3. The number of nitrogens with zero attached hydrogens (tertiary/aromatic N) is 1. The monoisotopic (exact) mass is 205 g/mol. The first kappa shape index (κ1) is 11.6. The van der Waals surface area contributed by atoms with E-state index >= 15 is 0 Å². The van der Waals surface area contributed by atoms with Crippen molar-refractivity contribution in [1.29, 1.82) is 0 Å². The molecule has 0 aliphatic rings. The van der Waals surface area contributed by atoms with Gasteiger partial charge in [0.25, 0.3) is 0 Å². The lowest BCUT2D eigenvalue weighted by Crippen LogP contribution is -1.91. The van der Waals surface area contributed by atoms with Crippen LogP contribution in [0.4, 0.5) is 10.1 Å². The molecular weight excluding hydrogens is 189 g/mol. The number of halogens is 1. The second-order valence-corrected chi connectivity index (χ2v) is 3.51. The van der Waals surface area contributed by atoms with E-state index in [9.17, 15) is 4.39 Å². The fraction of sp³-hybridized carbons (Fsp3) is 0.308. The van der Waals surface area contributed by atoms with Crippen molar-refractivity contribution in [2.75, 3.05) is 0 Å². The summed E-state index contributed by atoms with van der Waals surface area (Å²) in [4.78, 5) is 4.43. The van der Waals surface area contributed by atoms with Crippen molar-refractivity contribution >= 4 is 17.5 Å². The van der Waals surface area contributed by atoms with Crippen LogP contribution in [0.25, 0.3) is 6.08 Å². The van der Waals surface area contributed by atoms with E-state index < -0.39 is 0 Å². The van der Waals surface area contributed by atoms with E-state index in [1.165, 1.54) is 12.1 Å². The highest BCUT2D eigenvalue weighted by atomic mass is 19.1. The highest BCUT2D eigenvalue weighted by molar-refractivity contribution is 5.85. The first-order chi connectivity index (χ1) is 7.10. The number of hydrogen-bond donors (Lipinski definition) is 0. The Bertz CT molecular complexity index is 405. The summed E-state index contributed by atoms with van der Waals surface area (Å²) in [6.45, 7) is 9.48. The third kappa shape index (κ3) is 2.52. The second-order valence-electron chi connectivity index (χ2n) is 3.51. The molecular formula is C13H16FN. The van der Waals surface area contributed by atoms with Crippen molar-refractivity contribution < 1.29 is 4.39 Å². The number of hydrogen-bond acceptors (Lipinski definition) is 1. The normalized spacial score (nSPS) is 11.6. The zero-order valence-corrected chi connectivity index (χ0v) is 9.47. The van der Waals surface area contributed by atoms with Crippen LogP contribution in [0.1, 0.15) is 31.4 Å². The van der Waals surface area contributed by atoms with Gasteiger partial charge in [0.1, 0.15) is 5.82 Å². The van der Waals surface area contributed by atoms with Gasteiger partial charge in [-0.3, -0.25) is 4.99 Å². The van der Waals surface area contributed by atoms with Crippen LogP contribution >= 0.6 is 0 Å². The molecule has 0 amide bonds. The molecule has 0 bridgehead atoms. The van der Waals surface area contributed by atoms with E-state index in [-0.39, 0.29) is 5.82 Å². The van der Waals surface area contributed by atoms with Gasteiger partial charge in [-0.2, -0.15) is 0 Å². The summed E-state index contributed by atoms with van der Waals surface area (Å²) in [7, 11) is 0. The maximum atomic E-state index is 13.3. The number of aliphatic imine (C=N–C) groups is 1. The van der Waals surface area contributed by atoms with Gasteiger partial charge >= 0.3 is 0 Å². The lowest BCUT2D eigenvalue weighted by molar-refractivity contribution is 0.624. The molecule has 15 heavy (non-hydrogen) atoms. The van der Waals surface area contributed by atoms with Gasteiger partial charge in [-0.15, -0.1) is 0 Å². The van der Waals surface area contributed by atoms with Gasteiger partial charge in [0.2, 0.25) is 0 Å². The predicted octanol–water partition coefficient (Wildman–Crippen LogP) is 4.28. The molecule has 1 rings (SSSR count). The van der Waals surface area contributed by atoms with Crippen LogP contribution in [0.3, 0.4) is 0 Å². The van der Waals surface area contributed by atoms with Gasteiger partial charge in [0, 0.05) is 11.3 Å². The Labute approximate surface area is 90.4 Å². The molecule has 1 aromatic carbocycles. The van der Waals surface area contributed by atoms with Crippen LogP contribution < -0.4 is 0 Å². The molecule has 0 radical (unpaired) electrons. The van der Waals surface area contributed by atoms with Crippen molar-refractivity contribution in [1.82, 2.24) is 0 Å². The lowest BCUT2D eigenvalue weighted by atomic mass is 10.1. The molecule has 0 heterocycles. The molecule has 0 aromatic heterocycles. The Morgan fingerprint density at radius 1 is 1.53 bits per heavy atom. The van der Waals surface area contributed by atoms with Gasteiger partial charge in [0.05, 0.1) is 5.69 Å². The van der Waals surface area contributed by atoms with Crippen LogP contribution in [-0.2, 0) is 0 Å². The quantitative estimate of drug-likeness (QED) is 0.653. The lowest BCUT2D eigenvalue weighted by Gasteiger charge is -2.06. The van der Waals surface area contributed by atoms with Crippen LogP contribution in [-0.4, -0.2) is 5.71 Å². The van der Waals surface area contributed by atoms with Gasteiger partial charge < -0.3 is 0 Å². The average molecular weight is 205 g/mol. The highest BCUT2D eigenvalue weighted by Gasteiger charge is 2.06. The largest absolute Gasteiger partial charge is 0.258 e. The first-order valence-corrected chi connectivity index (χ1v) is 5.05. The molecule has 0 aliphatic carbocycles. The van der Waals surface area contributed by atoms with E-state index in [0.29, 0.717) is 5.56 Å². The van der Waals surface area contributed by atoms with Crippen molar-refractivity contribution in [2.24, 2.45) is 4.99 Å². The zero-order valence-electron chi connectivity index (χ0n) is 9.47. The van der Waals surface area contributed by atoms with Crippen molar-refractivity contribution in [3.8, 4) is 0 Å². The standard InChI is InChI=1S/C13H16FN/c1-5-9(3)15-13-8-7-12(14)11(6-2)10(13)4/h6-8H,2,5H2,1,3-4H3. The van der Waals surface area contributed by atoms with E-state index in [1.54, 1.807) is 6.07 Å². The minimum absolute atomic E-state index is 0.240.